The summed E-state index contributed by atoms with van der Waals surface area (Å²) in [6.45, 7) is 0.0623. The maximum atomic E-state index is 12.6. The summed E-state index contributed by atoms with van der Waals surface area (Å²) in [5.41, 5.74) is 0.828. The SMILES string of the molecule is O=C(OCC(=O)N1CCSc2ccccc21)c1cccc(S(=O)(=O)NCc2ccco2)c1. The molecule has 0 fully saturated rings. The predicted molar refractivity (Wildman–Crippen MR) is 119 cm³/mol. The molecule has 1 amide bonds. The lowest BCUT2D eigenvalue weighted by Gasteiger charge is -2.28. The van der Waals surface area contributed by atoms with Crippen LogP contribution in [0.5, 0.6) is 0 Å². The van der Waals surface area contributed by atoms with E-state index in [0.29, 0.717) is 12.3 Å². The van der Waals surface area contributed by atoms with Crippen LogP contribution < -0.4 is 9.62 Å². The Morgan fingerprint density at radius 2 is 1.94 bits per heavy atom. The number of anilines is 1. The van der Waals surface area contributed by atoms with Crippen LogP contribution in [-0.4, -0.2) is 39.2 Å². The van der Waals surface area contributed by atoms with E-state index in [2.05, 4.69) is 4.72 Å². The number of esters is 1. The Morgan fingerprint density at radius 3 is 2.75 bits per heavy atom. The van der Waals surface area contributed by atoms with Gasteiger partial charge in [-0.1, -0.05) is 18.2 Å². The Balaban J connectivity index is 1.39. The highest BCUT2D eigenvalue weighted by molar-refractivity contribution is 7.99. The van der Waals surface area contributed by atoms with Gasteiger partial charge in [0.25, 0.3) is 5.91 Å². The first-order valence-electron chi connectivity index (χ1n) is 9.75. The zero-order valence-electron chi connectivity index (χ0n) is 16.9. The molecule has 0 radical (unpaired) electrons. The van der Waals surface area contributed by atoms with Gasteiger partial charge in [-0.15, -0.1) is 11.8 Å². The molecule has 0 atom stereocenters. The van der Waals surface area contributed by atoms with Crippen molar-refractivity contribution in [2.45, 2.75) is 16.3 Å². The van der Waals surface area contributed by atoms with E-state index in [1.165, 1.54) is 30.5 Å². The second kappa shape index (κ2) is 9.60. The molecule has 0 aliphatic carbocycles. The van der Waals surface area contributed by atoms with Crippen LogP contribution in [0.4, 0.5) is 5.69 Å². The highest BCUT2D eigenvalue weighted by Crippen LogP contribution is 2.34. The number of hydrogen-bond acceptors (Lipinski definition) is 7. The van der Waals surface area contributed by atoms with Crippen molar-refractivity contribution in [3.8, 4) is 0 Å². The van der Waals surface area contributed by atoms with E-state index in [1.54, 1.807) is 28.8 Å². The normalized spacial score (nSPS) is 13.4. The molecule has 1 N–H and O–H groups in total. The molecule has 1 aromatic heterocycles. The maximum absolute atomic E-state index is 12.6. The summed E-state index contributed by atoms with van der Waals surface area (Å²) in [7, 11) is -3.87. The lowest BCUT2D eigenvalue weighted by molar-refractivity contribution is -0.121. The molecule has 0 bridgehead atoms. The second-order valence-electron chi connectivity index (χ2n) is 6.87. The third kappa shape index (κ3) is 5.04. The van der Waals surface area contributed by atoms with Gasteiger partial charge in [0.15, 0.2) is 6.61 Å². The highest BCUT2D eigenvalue weighted by Gasteiger charge is 2.24. The Bertz CT molecular complexity index is 1220. The van der Waals surface area contributed by atoms with E-state index < -0.39 is 22.6 Å². The van der Waals surface area contributed by atoms with Crippen molar-refractivity contribution < 1.29 is 27.2 Å². The van der Waals surface area contributed by atoms with Crippen LogP contribution >= 0.6 is 11.8 Å². The molecule has 1 aliphatic heterocycles. The number of para-hydroxylation sites is 1. The predicted octanol–water partition coefficient (Wildman–Crippen LogP) is 3.05. The van der Waals surface area contributed by atoms with E-state index in [1.807, 2.05) is 24.3 Å². The molecular formula is C22H20N2O6S2. The first kappa shape index (κ1) is 22.1. The van der Waals surface area contributed by atoms with Crippen molar-refractivity contribution in [2.24, 2.45) is 0 Å². The average molecular weight is 473 g/mol. The Kier molecular flexibility index (Phi) is 6.63. The van der Waals surface area contributed by atoms with Gasteiger partial charge in [0.2, 0.25) is 10.0 Å². The van der Waals surface area contributed by atoms with Crippen molar-refractivity contribution in [1.82, 2.24) is 4.72 Å². The van der Waals surface area contributed by atoms with E-state index in [-0.39, 0.29) is 22.9 Å². The zero-order valence-corrected chi connectivity index (χ0v) is 18.5. The number of hydrogen-bond donors (Lipinski definition) is 1. The quantitative estimate of drug-likeness (QED) is 0.527. The van der Waals surface area contributed by atoms with Gasteiger partial charge < -0.3 is 14.1 Å². The van der Waals surface area contributed by atoms with Gasteiger partial charge in [-0.05, 0) is 42.5 Å². The number of sulfonamides is 1. The van der Waals surface area contributed by atoms with Crippen LogP contribution in [-0.2, 0) is 26.1 Å². The molecule has 10 heteroatoms. The van der Waals surface area contributed by atoms with Crippen molar-refractivity contribution in [2.75, 3.05) is 23.8 Å². The Labute approximate surface area is 189 Å². The van der Waals surface area contributed by atoms with Crippen molar-refractivity contribution in [3.63, 3.8) is 0 Å². The molecule has 1 aliphatic rings. The summed E-state index contributed by atoms with van der Waals surface area (Å²) < 4.78 is 37.8. The molecule has 3 aromatic rings. The topological polar surface area (TPSA) is 106 Å². The third-order valence-electron chi connectivity index (χ3n) is 4.75. The fourth-order valence-electron chi connectivity index (χ4n) is 3.17. The van der Waals surface area contributed by atoms with Crippen molar-refractivity contribution in [3.05, 3.63) is 78.3 Å². The van der Waals surface area contributed by atoms with Crippen LogP contribution in [0, 0.1) is 0 Å². The lowest BCUT2D eigenvalue weighted by Crippen LogP contribution is -2.38. The molecule has 2 aromatic carbocycles. The van der Waals surface area contributed by atoms with E-state index in [0.717, 1.165) is 16.3 Å². The molecule has 0 saturated carbocycles. The number of thioether (sulfide) groups is 1. The molecule has 0 unspecified atom stereocenters. The first-order valence-corrected chi connectivity index (χ1v) is 12.2. The summed E-state index contributed by atoms with van der Waals surface area (Å²) >= 11 is 1.67. The third-order valence-corrected chi connectivity index (χ3v) is 7.19. The minimum Gasteiger partial charge on any atom is -0.468 e. The van der Waals surface area contributed by atoms with Crippen molar-refractivity contribution in [1.29, 1.82) is 0 Å². The average Bonchev–Trinajstić information content (AvgIpc) is 3.35. The largest absolute Gasteiger partial charge is 0.468 e. The van der Waals surface area contributed by atoms with Gasteiger partial charge in [-0.25, -0.2) is 17.9 Å². The summed E-state index contributed by atoms with van der Waals surface area (Å²) in [5, 5.41) is 0. The van der Waals surface area contributed by atoms with Gasteiger partial charge in [-0.2, -0.15) is 0 Å². The zero-order chi connectivity index (χ0) is 22.6. The summed E-state index contributed by atoms with van der Waals surface area (Å²) in [5.74, 6) is 0.0955. The van der Waals surface area contributed by atoms with E-state index in [9.17, 15) is 18.0 Å². The fourth-order valence-corrected chi connectivity index (χ4v) is 5.20. The number of carbonyl (C=O) groups excluding carboxylic acids is 2. The van der Waals surface area contributed by atoms with Gasteiger partial charge in [0.1, 0.15) is 5.76 Å². The number of ether oxygens (including phenoxy) is 1. The summed E-state index contributed by atoms with van der Waals surface area (Å²) in [6.07, 6.45) is 1.45. The van der Waals surface area contributed by atoms with E-state index >= 15 is 0 Å². The molecule has 2 heterocycles. The van der Waals surface area contributed by atoms with Crippen LogP contribution in [0.25, 0.3) is 0 Å². The molecule has 166 valence electrons. The van der Waals surface area contributed by atoms with Gasteiger partial charge >= 0.3 is 5.97 Å². The van der Waals surface area contributed by atoms with E-state index in [4.69, 9.17) is 9.15 Å². The lowest BCUT2D eigenvalue weighted by atomic mass is 10.2. The summed E-state index contributed by atoms with van der Waals surface area (Å²) in [4.78, 5) is 27.6. The highest BCUT2D eigenvalue weighted by atomic mass is 32.2. The fraction of sp³-hybridized carbons (Fsp3) is 0.182. The molecule has 8 nitrogen and oxygen atoms in total. The van der Waals surface area contributed by atoms with Gasteiger partial charge in [0.05, 0.1) is 29.0 Å². The Morgan fingerprint density at radius 1 is 1.09 bits per heavy atom. The molecule has 0 spiro atoms. The monoisotopic (exact) mass is 472 g/mol. The molecule has 0 saturated heterocycles. The number of nitrogens with zero attached hydrogens (tertiary/aromatic N) is 1. The van der Waals surface area contributed by atoms with Gasteiger partial charge in [0, 0.05) is 17.2 Å². The number of carbonyl (C=O) groups is 2. The minimum absolute atomic E-state index is 0.0197. The molecule has 4 rings (SSSR count). The van der Waals surface area contributed by atoms with Gasteiger partial charge in [-0.3, -0.25) is 4.79 Å². The number of nitrogens with one attached hydrogen (secondary N) is 1. The van der Waals surface area contributed by atoms with Crippen molar-refractivity contribution >= 4 is 39.3 Å². The van der Waals surface area contributed by atoms with Crippen LogP contribution in [0.3, 0.4) is 0 Å². The number of rotatable bonds is 7. The standard InChI is InChI=1S/C22H20N2O6S2/c25-21(24-10-12-31-20-9-2-1-8-19(20)24)15-30-22(26)16-5-3-7-18(13-16)32(27,28)23-14-17-6-4-11-29-17/h1-9,11,13,23H,10,12,14-15H2. The molecular weight excluding hydrogens is 452 g/mol. The molecule has 32 heavy (non-hydrogen) atoms. The summed E-state index contributed by atoms with van der Waals surface area (Å²) in [6, 6.07) is 16.3. The van der Waals surface area contributed by atoms with Crippen LogP contribution in [0.2, 0.25) is 0 Å². The maximum Gasteiger partial charge on any atom is 0.338 e. The Hall–Kier alpha value is -3.08. The second-order valence-corrected chi connectivity index (χ2v) is 9.77. The van der Waals surface area contributed by atoms with Crippen LogP contribution in [0.1, 0.15) is 16.1 Å². The van der Waals surface area contributed by atoms with Crippen LogP contribution in [0.15, 0.2) is 81.1 Å². The number of benzene rings is 2. The minimum atomic E-state index is -3.87. The number of fused-ring (bicyclic) bond motifs is 1. The first-order chi connectivity index (χ1) is 15.4. The number of amides is 1. The smallest absolute Gasteiger partial charge is 0.338 e. The number of furan rings is 1.